The standard InChI is InChI=1S/C16H27NO4/c1-16(2,3)21-11-13(18)10-17-9-12-6-7-14(19-4)8-15(12)20-5/h6-8,13,17-18H,9-11H2,1-5H3. The Morgan fingerprint density at radius 1 is 1.19 bits per heavy atom. The molecule has 0 saturated carbocycles. The van der Waals surface area contributed by atoms with Gasteiger partial charge in [-0.2, -0.15) is 0 Å². The Bertz CT molecular complexity index is 429. The van der Waals surface area contributed by atoms with Gasteiger partial charge >= 0.3 is 0 Å². The molecule has 0 bridgehead atoms. The molecule has 1 unspecified atom stereocenters. The van der Waals surface area contributed by atoms with Gasteiger partial charge in [-0.1, -0.05) is 6.07 Å². The molecule has 5 heteroatoms. The number of ether oxygens (including phenoxy) is 3. The van der Waals surface area contributed by atoms with Gasteiger partial charge in [-0.3, -0.25) is 0 Å². The highest BCUT2D eigenvalue weighted by molar-refractivity contribution is 5.40. The summed E-state index contributed by atoms with van der Waals surface area (Å²) in [6.45, 7) is 7.29. The number of benzene rings is 1. The lowest BCUT2D eigenvalue weighted by molar-refractivity contribution is -0.0479. The Hall–Kier alpha value is -1.30. The fraction of sp³-hybridized carbons (Fsp3) is 0.625. The Morgan fingerprint density at radius 2 is 1.90 bits per heavy atom. The molecule has 0 aromatic heterocycles. The second kappa shape index (κ2) is 8.22. The molecule has 1 aromatic rings. The van der Waals surface area contributed by atoms with Crippen LogP contribution in [0.2, 0.25) is 0 Å². The van der Waals surface area contributed by atoms with Crippen LogP contribution in [0.4, 0.5) is 0 Å². The Labute approximate surface area is 127 Å². The zero-order valence-corrected chi connectivity index (χ0v) is 13.6. The van der Waals surface area contributed by atoms with Crippen LogP contribution in [0.1, 0.15) is 26.3 Å². The third-order valence-electron chi connectivity index (χ3n) is 2.90. The molecule has 120 valence electrons. The molecule has 0 aliphatic rings. The minimum absolute atomic E-state index is 0.236. The molecule has 1 atom stereocenters. The van der Waals surface area contributed by atoms with Gasteiger partial charge in [0.2, 0.25) is 0 Å². The van der Waals surface area contributed by atoms with Gasteiger partial charge in [-0.25, -0.2) is 0 Å². The number of aliphatic hydroxyl groups excluding tert-OH is 1. The van der Waals surface area contributed by atoms with Crippen LogP contribution in [0, 0.1) is 0 Å². The average Bonchev–Trinajstić information content (AvgIpc) is 2.44. The Morgan fingerprint density at radius 3 is 2.48 bits per heavy atom. The number of aliphatic hydroxyl groups is 1. The van der Waals surface area contributed by atoms with Gasteiger partial charge < -0.3 is 24.6 Å². The maximum Gasteiger partial charge on any atom is 0.127 e. The highest BCUT2D eigenvalue weighted by Gasteiger charge is 2.13. The summed E-state index contributed by atoms with van der Waals surface area (Å²) in [6.07, 6.45) is -0.534. The maximum absolute atomic E-state index is 9.86. The third kappa shape index (κ3) is 6.80. The number of hydrogen-bond donors (Lipinski definition) is 2. The predicted molar refractivity (Wildman–Crippen MR) is 83.0 cm³/mol. The van der Waals surface area contributed by atoms with E-state index in [0.717, 1.165) is 17.1 Å². The van der Waals surface area contributed by atoms with Crippen LogP contribution in [-0.2, 0) is 11.3 Å². The first-order valence-electron chi connectivity index (χ1n) is 7.09. The van der Waals surface area contributed by atoms with Gasteiger partial charge in [-0.15, -0.1) is 0 Å². The first-order chi connectivity index (χ1) is 9.85. The molecule has 1 aromatic carbocycles. The SMILES string of the molecule is COc1ccc(CNCC(O)COC(C)(C)C)c(OC)c1. The maximum atomic E-state index is 9.86. The van der Waals surface area contributed by atoms with Crippen molar-refractivity contribution in [1.82, 2.24) is 5.32 Å². The summed E-state index contributed by atoms with van der Waals surface area (Å²) in [5, 5.41) is 13.1. The second-order valence-electron chi connectivity index (χ2n) is 5.89. The predicted octanol–water partition coefficient (Wildman–Crippen LogP) is 1.97. The second-order valence-corrected chi connectivity index (χ2v) is 5.89. The van der Waals surface area contributed by atoms with E-state index in [2.05, 4.69) is 5.32 Å². The first kappa shape index (κ1) is 17.8. The van der Waals surface area contributed by atoms with E-state index in [4.69, 9.17) is 14.2 Å². The lowest BCUT2D eigenvalue weighted by atomic mass is 10.2. The minimum atomic E-state index is -0.534. The highest BCUT2D eigenvalue weighted by atomic mass is 16.5. The van der Waals surface area contributed by atoms with Crippen LogP contribution in [0.5, 0.6) is 11.5 Å². The molecule has 0 spiro atoms. The van der Waals surface area contributed by atoms with Crippen molar-refractivity contribution in [2.75, 3.05) is 27.4 Å². The number of hydrogen-bond acceptors (Lipinski definition) is 5. The summed E-state index contributed by atoms with van der Waals surface area (Å²) in [5.41, 5.74) is 0.780. The van der Waals surface area contributed by atoms with Gasteiger partial charge in [0, 0.05) is 24.7 Å². The van der Waals surface area contributed by atoms with Crippen molar-refractivity contribution >= 4 is 0 Å². The minimum Gasteiger partial charge on any atom is -0.497 e. The van der Waals surface area contributed by atoms with Gasteiger partial charge in [0.15, 0.2) is 0 Å². The van der Waals surface area contributed by atoms with Gasteiger partial charge in [0.05, 0.1) is 32.5 Å². The fourth-order valence-electron chi connectivity index (χ4n) is 1.78. The zero-order valence-electron chi connectivity index (χ0n) is 13.6. The van der Waals surface area contributed by atoms with Crippen molar-refractivity contribution in [2.24, 2.45) is 0 Å². The van der Waals surface area contributed by atoms with Crippen molar-refractivity contribution in [3.8, 4) is 11.5 Å². The number of rotatable bonds is 8. The Balaban J connectivity index is 2.41. The van der Waals surface area contributed by atoms with Gasteiger partial charge in [0.1, 0.15) is 11.5 Å². The molecular formula is C16H27NO4. The van der Waals surface area contributed by atoms with Crippen LogP contribution in [0.15, 0.2) is 18.2 Å². The van der Waals surface area contributed by atoms with Crippen molar-refractivity contribution in [2.45, 2.75) is 39.0 Å². The van der Waals surface area contributed by atoms with Crippen LogP contribution in [0.25, 0.3) is 0 Å². The molecule has 0 heterocycles. The average molecular weight is 297 g/mol. The first-order valence-corrected chi connectivity index (χ1v) is 7.09. The number of nitrogens with one attached hydrogen (secondary N) is 1. The molecule has 0 saturated heterocycles. The summed E-state index contributed by atoms with van der Waals surface area (Å²) in [6, 6.07) is 5.68. The molecule has 0 aliphatic carbocycles. The summed E-state index contributed by atoms with van der Waals surface area (Å²) in [5.74, 6) is 1.52. The molecule has 0 aliphatic heterocycles. The van der Waals surface area contributed by atoms with Crippen molar-refractivity contribution in [3.63, 3.8) is 0 Å². The molecule has 0 amide bonds. The van der Waals surface area contributed by atoms with E-state index in [1.54, 1.807) is 14.2 Å². The summed E-state index contributed by atoms with van der Waals surface area (Å²) >= 11 is 0. The van der Waals surface area contributed by atoms with Crippen molar-refractivity contribution in [3.05, 3.63) is 23.8 Å². The van der Waals surface area contributed by atoms with E-state index >= 15 is 0 Å². The summed E-state index contributed by atoms with van der Waals surface area (Å²) < 4.78 is 16.0. The quantitative estimate of drug-likeness (QED) is 0.768. The van der Waals surface area contributed by atoms with Crippen LogP contribution in [-0.4, -0.2) is 44.2 Å². The van der Waals surface area contributed by atoms with E-state index in [1.165, 1.54) is 0 Å². The molecule has 2 N–H and O–H groups in total. The van der Waals surface area contributed by atoms with Crippen LogP contribution < -0.4 is 14.8 Å². The van der Waals surface area contributed by atoms with Crippen molar-refractivity contribution in [1.29, 1.82) is 0 Å². The van der Waals surface area contributed by atoms with E-state index in [-0.39, 0.29) is 5.60 Å². The molecule has 0 fully saturated rings. The van der Waals surface area contributed by atoms with E-state index in [0.29, 0.717) is 19.7 Å². The zero-order chi connectivity index (χ0) is 15.9. The summed E-state index contributed by atoms with van der Waals surface area (Å²) in [7, 11) is 3.25. The van der Waals surface area contributed by atoms with Gasteiger partial charge in [0.25, 0.3) is 0 Å². The van der Waals surface area contributed by atoms with E-state index in [1.807, 2.05) is 39.0 Å². The molecule has 5 nitrogen and oxygen atoms in total. The molecule has 0 radical (unpaired) electrons. The fourth-order valence-corrected chi connectivity index (χ4v) is 1.78. The molecular weight excluding hydrogens is 270 g/mol. The largest absolute Gasteiger partial charge is 0.497 e. The lowest BCUT2D eigenvalue weighted by Gasteiger charge is -2.22. The van der Waals surface area contributed by atoms with Crippen LogP contribution in [0.3, 0.4) is 0 Å². The summed E-state index contributed by atoms with van der Waals surface area (Å²) in [4.78, 5) is 0. The van der Waals surface area contributed by atoms with E-state index < -0.39 is 6.10 Å². The monoisotopic (exact) mass is 297 g/mol. The topological polar surface area (TPSA) is 60.0 Å². The normalized spacial score (nSPS) is 13.0. The highest BCUT2D eigenvalue weighted by Crippen LogP contribution is 2.24. The van der Waals surface area contributed by atoms with E-state index in [9.17, 15) is 5.11 Å². The van der Waals surface area contributed by atoms with Gasteiger partial charge in [-0.05, 0) is 26.8 Å². The smallest absolute Gasteiger partial charge is 0.127 e. The number of methoxy groups -OCH3 is 2. The van der Waals surface area contributed by atoms with Crippen molar-refractivity contribution < 1.29 is 19.3 Å². The molecule has 1 rings (SSSR count). The van der Waals surface area contributed by atoms with Crippen LogP contribution >= 0.6 is 0 Å². The lowest BCUT2D eigenvalue weighted by Crippen LogP contribution is -2.33. The Kier molecular flexibility index (Phi) is 6.95. The molecule has 21 heavy (non-hydrogen) atoms. The third-order valence-corrected chi connectivity index (χ3v) is 2.90.